The molecule has 0 aromatic carbocycles. The first-order valence-corrected chi connectivity index (χ1v) is 5.47. The third-order valence-electron chi connectivity index (χ3n) is 2.06. The van der Waals surface area contributed by atoms with E-state index in [9.17, 15) is 4.79 Å². The molecule has 0 unspecified atom stereocenters. The van der Waals surface area contributed by atoms with Crippen molar-refractivity contribution in [2.75, 3.05) is 20.2 Å². The predicted octanol–water partition coefficient (Wildman–Crippen LogP) is 1.00. The molecule has 0 saturated heterocycles. The van der Waals surface area contributed by atoms with Gasteiger partial charge in [-0.25, -0.2) is 0 Å². The molecule has 4 nitrogen and oxygen atoms in total. The number of aromatic amines is 1. The van der Waals surface area contributed by atoms with Gasteiger partial charge in [0.2, 0.25) is 0 Å². The fourth-order valence-corrected chi connectivity index (χ4v) is 1.16. The maximum atomic E-state index is 11.2. The van der Waals surface area contributed by atoms with Crippen molar-refractivity contribution in [1.82, 2.24) is 10.3 Å². The highest BCUT2D eigenvalue weighted by atomic mass is 16.3. The monoisotopic (exact) mass is 226 g/mol. The van der Waals surface area contributed by atoms with Crippen molar-refractivity contribution in [2.24, 2.45) is 0 Å². The molecule has 3 N–H and O–H groups in total. The van der Waals surface area contributed by atoms with Crippen LogP contribution in [-0.2, 0) is 0 Å². The molecule has 0 aliphatic rings. The van der Waals surface area contributed by atoms with Gasteiger partial charge in [0.25, 0.3) is 5.56 Å². The second-order valence-electron chi connectivity index (χ2n) is 3.94. The highest BCUT2D eigenvalue weighted by molar-refractivity contribution is 5.19. The average Bonchev–Trinajstić information content (AvgIpc) is 2.23. The zero-order chi connectivity index (χ0) is 12.6. The summed E-state index contributed by atoms with van der Waals surface area (Å²) in [5, 5.41) is 10.8. The fourth-order valence-electron chi connectivity index (χ4n) is 1.16. The Morgan fingerprint density at radius 1 is 1.50 bits per heavy atom. The van der Waals surface area contributed by atoms with Gasteiger partial charge in [-0.1, -0.05) is 13.8 Å². The molecule has 0 radical (unpaired) electrons. The Bertz CT molecular complexity index is 343. The topological polar surface area (TPSA) is 65.1 Å². The molecule has 92 valence electrons. The Morgan fingerprint density at radius 2 is 2.12 bits per heavy atom. The smallest absolute Gasteiger partial charge is 0.251 e. The van der Waals surface area contributed by atoms with Crippen LogP contribution in [-0.4, -0.2) is 30.3 Å². The van der Waals surface area contributed by atoms with Crippen LogP contribution in [0.5, 0.6) is 0 Å². The van der Waals surface area contributed by atoms with Crippen LogP contribution in [0.1, 0.15) is 30.9 Å². The Balaban J connectivity index is 0.000000385. The number of aliphatic hydroxyl groups is 1. The molecule has 0 bridgehead atoms. The highest BCUT2D eigenvalue weighted by Gasteiger charge is 2.03. The first-order chi connectivity index (χ1) is 7.52. The molecular weight excluding hydrogens is 204 g/mol. The second-order valence-corrected chi connectivity index (χ2v) is 3.94. The van der Waals surface area contributed by atoms with Crippen LogP contribution in [0.2, 0.25) is 0 Å². The van der Waals surface area contributed by atoms with Crippen LogP contribution < -0.4 is 10.9 Å². The SMILES string of the molecule is CNCCO.Cc1c[nH]c(=O)c(C(C)C)c1. The van der Waals surface area contributed by atoms with E-state index in [1.807, 2.05) is 26.8 Å². The van der Waals surface area contributed by atoms with Gasteiger partial charge in [0.05, 0.1) is 6.61 Å². The molecular formula is C12H22N2O2. The van der Waals surface area contributed by atoms with E-state index < -0.39 is 0 Å². The molecule has 0 atom stereocenters. The van der Waals surface area contributed by atoms with E-state index in [0.717, 1.165) is 11.1 Å². The van der Waals surface area contributed by atoms with Crippen LogP contribution in [0.25, 0.3) is 0 Å². The number of likely N-dealkylation sites (N-methyl/N-ethyl adjacent to an activating group) is 1. The lowest BCUT2D eigenvalue weighted by Gasteiger charge is -2.03. The van der Waals surface area contributed by atoms with Gasteiger partial charge < -0.3 is 15.4 Å². The number of nitrogens with one attached hydrogen (secondary N) is 2. The zero-order valence-corrected chi connectivity index (χ0v) is 10.5. The van der Waals surface area contributed by atoms with E-state index in [0.29, 0.717) is 12.5 Å². The lowest BCUT2D eigenvalue weighted by molar-refractivity contribution is 0.296. The number of hydrogen-bond donors (Lipinski definition) is 3. The first-order valence-electron chi connectivity index (χ1n) is 5.47. The normalized spacial score (nSPS) is 9.88. The van der Waals surface area contributed by atoms with Gasteiger partial charge in [0.1, 0.15) is 0 Å². The second kappa shape index (κ2) is 8.07. The zero-order valence-electron chi connectivity index (χ0n) is 10.5. The molecule has 1 aromatic heterocycles. The molecule has 0 amide bonds. The van der Waals surface area contributed by atoms with Crippen molar-refractivity contribution in [3.63, 3.8) is 0 Å². The van der Waals surface area contributed by atoms with Crippen LogP contribution >= 0.6 is 0 Å². The van der Waals surface area contributed by atoms with Crippen molar-refractivity contribution in [3.05, 3.63) is 33.7 Å². The molecule has 4 heteroatoms. The van der Waals surface area contributed by atoms with Gasteiger partial charge in [-0.3, -0.25) is 4.79 Å². The number of rotatable bonds is 3. The molecule has 0 saturated carbocycles. The van der Waals surface area contributed by atoms with E-state index >= 15 is 0 Å². The Hall–Kier alpha value is -1.13. The van der Waals surface area contributed by atoms with Gasteiger partial charge in [0, 0.05) is 18.3 Å². The summed E-state index contributed by atoms with van der Waals surface area (Å²) in [6.45, 7) is 6.94. The van der Waals surface area contributed by atoms with E-state index in [1.165, 1.54) is 0 Å². The van der Waals surface area contributed by atoms with Crippen LogP contribution in [0.15, 0.2) is 17.1 Å². The number of H-pyrrole nitrogens is 1. The van der Waals surface area contributed by atoms with Crippen LogP contribution in [0, 0.1) is 6.92 Å². The summed E-state index contributed by atoms with van der Waals surface area (Å²) in [6, 6.07) is 1.93. The highest BCUT2D eigenvalue weighted by Crippen LogP contribution is 2.09. The van der Waals surface area contributed by atoms with Gasteiger partial charge in [-0.15, -0.1) is 0 Å². The average molecular weight is 226 g/mol. The van der Waals surface area contributed by atoms with Gasteiger partial charge >= 0.3 is 0 Å². The number of aryl methyl sites for hydroxylation is 1. The summed E-state index contributed by atoms with van der Waals surface area (Å²) in [7, 11) is 1.80. The third kappa shape index (κ3) is 5.68. The van der Waals surface area contributed by atoms with E-state index in [2.05, 4.69) is 10.3 Å². The standard InChI is InChI=1S/C9H13NO.C3H9NO/c1-6(2)8-4-7(3)5-10-9(8)11;1-4-2-3-5/h4-6H,1-3H3,(H,10,11);4-5H,2-3H2,1H3. The molecule has 0 fully saturated rings. The Morgan fingerprint density at radius 3 is 2.44 bits per heavy atom. The number of aliphatic hydroxyl groups excluding tert-OH is 1. The minimum atomic E-state index is 0.0330. The van der Waals surface area contributed by atoms with Gasteiger partial charge in [-0.2, -0.15) is 0 Å². The summed E-state index contributed by atoms with van der Waals surface area (Å²) in [6.07, 6.45) is 1.73. The molecule has 1 rings (SSSR count). The number of pyridine rings is 1. The van der Waals surface area contributed by atoms with Crippen molar-refractivity contribution in [1.29, 1.82) is 0 Å². The van der Waals surface area contributed by atoms with Crippen molar-refractivity contribution in [2.45, 2.75) is 26.7 Å². The molecule has 1 heterocycles. The Kier molecular flexibility index (Phi) is 7.50. The van der Waals surface area contributed by atoms with E-state index in [4.69, 9.17) is 5.11 Å². The summed E-state index contributed by atoms with van der Waals surface area (Å²) < 4.78 is 0. The number of aromatic nitrogens is 1. The number of hydrogen-bond acceptors (Lipinski definition) is 3. The molecule has 0 aliphatic heterocycles. The molecule has 16 heavy (non-hydrogen) atoms. The van der Waals surface area contributed by atoms with E-state index in [1.54, 1.807) is 13.2 Å². The van der Waals surface area contributed by atoms with Gasteiger partial charge in [-0.05, 0) is 31.5 Å². The van der Waals surface area contributed by atoms with Crippen molar-refractivity contribution in [3.8, 4) is 0 Å². The summed E-state index contributed by atoms with van der Waals surface area (Å²) in [5.41, 5.74) is 2.00. The maximum Gasteiger partial charge on any atom is 0.251 e. The molecule has 0 spiro atoms. The van der Waals surface area contributed by atoms with Crippen molar-refractivity contribution < 1.29 is 5.11 Å². The fraction of sp³-hybridized carbons (Fsp3) is 0.583. The first kappa shape index (κ1) is 14.9. The lowest BCUT2D eigenvalue weighted by atomic mass is 10.0. The largest absolute Gasteiger partial charge is 0.395 e. The maximum absolute atomic E-state index is 11.2. The van der Waals surface area contributed by atoms with Crippen molar-refractivity contribution >= 4 is 0 Å². The summed E-state index contributed by atoms with van der Waals surface area (Å²) in [4.78, 5) is 13.9. The summed E-state index contributed by atoms with van der Waals surface area (Å²) in [5.74, 6) is 0.304. The summed E-state index contributed by atoms with van der Waals surface area (Å²) >= 11 is 0. The minimum Gasteiger partial charge on any atom is -0.395 e. The molecule has 1 aromatic rings. The Labute approximate surface area is 96.7 Å². The van der Waals surface area contributed by atoms with Crippen LogP contribution in [0.4, 0.5) is 0 Å². The predicted molar refractivity (Wildman–Crippen MR) is 66.9 cm³/mol. The lowest BCUT2D eigenvalue weighted by Crippen LogP contribution is -2.13. The van der Waals surface area contributed by atoms with Gasteiger partial charge in [0.15, 0.2) is 0 Å². The third-order valence-corrected chi connectivity index (χ3v) is 2.06. The molecule has 0 aliphatic carbocycles. The quantitative estimate of drug-likeness (QED) is 0.720. The van der Waals surface area contributed by atoms with Crippen LogP contribution in [0.3, 0.4) is 0 Å². The minimum absolute atomic E-state index is 0.0330. The van der Waals surface area contributed by atoms with E-state index in [-0.39, 0.29) is 12.2 Å².